The number of benzene rings is 3. The molecule has 6 nitrogen and oxygen atoms in total. The van der Waals surface area contributed by atoms with Crippen LogP contribution in [0.2, 0.25) is 0 Å². The molecule has 0 spiro atoms. The minimum absolute atomic E-state index is 0.114. The van der Waals surface area contributed by atoms with Gasteiger partial charge in [-0.25, -0.2) is 5.43 Å². The average molecular weight is 348 g/mol. The van der Waals surface area contributed by atoms with Gasteiger partial charge in [-0.1, -0.05) is 30.3 Å². The summed E-state index contributed by atoms with van der Waals surface area (Å²) in [6.07, 6.45) is 1.54. The Hall–Kier alpha value is -3.54. The van der Waals surface area contributed by atoms with Gasteiger partial charge in [0.25, 0.3) is 5.91 Å². The van der Waals surface area contributed by atoms with E-state index >= 15 is 0 Å². The number of nitrogens with zero attached hydrogens (tertiary/aromatic N) is 1. The fraction of sp³-hybridized carbons (Fsp3) is 0.100. The molecule has 130 valence electrons. The molecule has 1 amide bonds. The van der Waals surface area contributed by atoms with Crippen LogP contribution in [0.4, 0.5) is 0 Å². The number of carbonyl (C=O) groups excluding carboxylic acids is 1. The summed E-state index contributed by atoms with van der Waals surface area (Å²) in [5.74, 6) is 1.67. The van der Waals surface area contributed by atoms with Crippen LogP contribution in [-0.4, -0.2) is 25.5 Å². The molecule has 1 heterocycles. The van der Waals surface area contributed by atoms with Gasteiger partial charge >= 0.3 is 0 Å². The van der Waals surface area contributed by atoms with Gasteiger partial charge in [0.1, 0.15) is 5.75 Å². The molecule has 1 N–H and O–H groups in total. The highest BCUT2D eigenvalue weighted by Crippen LogP contribution is 2.31. The van der Waals surface area contributed by atoms with Crippen molar-refractivity contribution < 1.29 is 19.0 Å². The normalized spacial score (nSPS) is 12.5. The Morgan fingerprint density at radius 1 is 1.04 bits per heavy atom. The predicted octanol–water partition coefficient (Wildman–Crippen LogP) is 3.10. The van der Waals surface area contributed by atoms with Crippen molar-refractivity contribution in [3.8, 4) is 17.2 Å². The summed E-state index contributed by atoms with van der Waals surface area (Å²) in [6, 6.07) is 19.1. The van der Waals surface area contributed by atoms with Crippen LogP contribution in [0.3, 0.4) is 0 Å². The number of ether oxygens (including phenoxy) is 3. The van der Waals surface area contributed by atoms with E-state index in [-0.39, 0.29) is 19.3 Å². The van der Waals surface area contributed by atoms with Gasteiger partial charge in [0.15, 0.2) is 18.1 Å². The SMILES string of the molecule is O=C(COc1ccc2ccccc2c1)NN=Cc1ccc2c(c1)OCO2. The van der Waals surface area contributed by atoms with Crippen molar-refractivity contribution >= 4 is 22.9 Å². The van der Waals surface area contributed by atoms with Crippen LogP contribution in [0.15, 0.2) is 65.8 Å². The zero-order chi connectivity index (χ0) is 17.8. The average Bonchev–Trinajstić information content (AvgIpc) is 3.14. The second-order valence-electron chi connectivity index (χ2n) is 5.70. The van der Waals surface area contributed by atoms with Crippen molar-refractivity contribution in [2.75, 3.05) is 13.4 Å². The third-order valence-corrected chi connectivity index (χ3v) is 3.89. The molecule has 0 unspecified atom stereocenters. The van der Waals surface area contributed by atoms with E-state index in [2.05, 4.69) is 10.5 Å². The Balaban J connectivity index is 1.30. The molecule has 3 aromatic carbocycles. The van der Waals surface area contributed by atoms with E-state index in [1.165, 1.54) is 6.21 Å². The smallest absolute Gasteiger partial charge is 0.277 e. The van der Waals surface area contributed by atoms with E-state index in [4.69, 9.17) is 14.2 Å². The Bertz CT molecular complexity index is 984. The zero-order valence-corrected chi connectivity index (χ0v) is 13.8. The third kappa shape index (κ3) is 3.59. The van der Waals surface area contributed by atoms with Crippen molar-refractivity contribution in [1.82, 2.24) is 5.43 Å². The number of nitrogens with one attached hydrogen (secondary N) is 1. The number of hydrogen-bond acceptors (Lipinski definition) is 5. The van der Waals surface area contributed by atoms with E-state index < -0.39 is 0 Å². The molecule has 0 saturated carbocycles. The molecule has 6 heteroatoms. The maximum Gasteiger partial charge on any atom is 0.277 e. The fourth-order valence-electron chi connectivity index (χ4n) is 2.61. The summed E-state index contributed by atoms with van der Waals surface area (Å²) in [4.78, 5) is 11.9. The molecule has 0 atom stereocenters. The van der Waals surface area contributed by atoms with Gasteiger partial charge in [-0.2, -0.15) is 5.10 Å². The first-order valence-corrected chi connectivity index (χ1v) is 8.11. The number of carbonyl (C=O) groups is 1. The zero-order valence-electron chi connectivity index (χ0n) is 13.8. The van der Waals surface area contributed by atoms with Gasteiger partial charge in [-0.05, 0) is 46.7 Å². The largest absolute Gasteiger partial charge is 0.484 e. The second-order valence-corrected chi connectivity index (χ2v) is 5.70. The van der Waals surface area contributed by atoms with Crippen molar-refractivity contribution in [3.05, 3.63) is 66.2 Å². The molecular weight excluding hydrogens is 332 g/mol. The maximum atomic E-state index is 11.9. The summed E-state index contributed by atoms with van der Waals surface area (Å²) in [6.45, 7) is 0.107. The number of hydrazone groups is 1. The highest BCUT2D eigenvalue weighted by Gasteiger charge is 2.12. The summed E-state index contributed by atoms with van der Waals surface area (Å²) < 4.78 is 16.1. The first-order valence-electron chi connectivity index (χ1n) is 8.11. The number of fused-ring (bicyclic) bond motifs is 2. The number of amides is 1. The van der Waals surface area contributed by atoms with Crippen LogP contribution in [0, 0.1) is 0 Å². The monoisotopic (exact) mass is 348 g/mol. The Kier molecular flexibility index (Phi) is 4.38. The van der Waals surface area contributed by atoms with Crippen LogP contribution in [0.5, 0.6) is 17.2 Å². The molecule has 0 radical (unpaired) electrons. The minimum Gasteiger partial charge on any atom is -0.484 e. The van der Waals surface area contributed by atoms with Gasteiger partial charge in [-0.15, -0.1) is 0 Å². The summed E-state index contributed by atoms with van der Waals surface area (Å²) in [5.41, 5.74) is 3.24. The topological polar surface area (TPSA) is 69.2 Å². The summed E-state index contributed by atoms with van der Waals surface area (Å²) >= 11 is 0. The molecule has 0 fully saturated rings. The second kappa shape index (κ2) is 7.14. The highest BCUT2D eigenvalue weighted by atomic mass is 16.7. The highest BCUT2D eigenvalue weighted by molar-refractivity contribution is 5.85. The van der Waals surface area contributed by atoms with Crippen LogP contribution in [0.25, 0.3) is 10.8 Å². The standard InChI is InChI=1S/C20H16N2O4/c23-20(12-24-17-7-6-15-3-1-2-4-16(15)10-17)22-21-11-14-5-8-18-19(9-14)26-13-25-18/h1-11H,12-13H2,(H,22,23). The maximum absolute atomic E-state index is 11.9. The van der Waals surface area contributed by atoms with Gasteiger partial charge in [0, 0.05) is 0 Å². The van der Waals surface area contributed by atoms with Crippen LogP contribution >= 0.6 is 0 Å². The van der Waals surface area contributed by atoms with Crippen molar-refractivity contribution in [2.45, 2.75) is 0 Å². The molecule has 4 rings (SSSR count). The predicted molar refractivity (Wildman–Crippen MR) is 97.7 cm³/mol. The Labute approximate surface area is 150 Å². The first kappa shape index (κ1) is 16.0. The van der Waals surface area contributed by atoms with Crippen molar-refractivity contribution in [3.63, 3.8) is 0 Å². The summed E-state index contributed by atoms with van der Waals surface area (Å²) in [5, 5.41) is 6.11. The van der Waals surface area contributed by atoms with E-state index in [9.17, 15) is 4.79 Å². The summed E-state index contributed by atoms with van der Waals surface area (Å²) in [7, 11) is 0. The van der Waals surface area contributed by atoms with Crippen LogP contribution < -0.4 is 19.6 Å². The number of rotatable bonds is 5. The molecule has 3 aromatic rings. The van der Waals surface area contributed by atoms with Gasteiger partial charge in [-0.3, -0.25) is 4.79 Å². The molecule has 0 aliphatic carbocycles. The molecule has 0 aromatic heterocycles. The molecule has 26 heavy (non-hydrogen) atoms. The Morgan fingerprint density at radius 2 is 1.88 bits per heavy atom. The molecule has 0 saturated heterocycles. The van der Waals surface area contributed by atoms with Crippen LogP contribution in [-0.2, 0) is 4.79 Å². The van der Waals surface area contributed by atoms with Gasteiger partial charge in [0.05, 0.1) is 6.21 Å². The molecule has 0 bridgehead atoms. The fourth-order valence-corrected chi connectivity index (χ4v) is 2.61. The first-order chi connectivity index (χ1) is 12.8. The minimum atomic E-state index is -0.338. The van der Waals surface area contributed by atoms with Gasteiger partial charge in [0.2, 0.25) is 6.79 Å². The van der Waals surface area contributed by atoms with Crippen molar-refractivity contribution in [1.29, 1.82) is 0 Å². The van der Waals surface area contributed by atoms with Crippen molar-refractivity contribution in [2.24, 2.45) is 5.10 Å². The van der Waals surface area contributed by atoms with E-state index in [1.54, 1.807) is 12.1 Å². The quantitative estimate of drug-likeness (QED) is 0.568. The lowest BCUT2D eigenvalue weighted by Crippen LogP contribution is -2.24. The van der Waals surface area contributed by atoms with Crippen LogP contribution in [0.1, 0.15) is 5.56 Å². The van der Waals surface area contributed by atoms with Gasteiger partial charge < -0.3 is 14.2 Å². The lowest BCUT2D eigenvalue weighted by molar-refractivity contribution is -0.123. The van der Waals surface area contributed by atoms with E-state index in [1.807, 2.05) is 48.5 Å². The third-order valence-electron chi connectivity index (χ3n) is 3.89. The Morgan fingerprint density at radius 3 is 2.81 bits per heavy atom. The number of hydrogen-bond donors (Lipinski definition) is 1. The van der Waals surface area contributed by atoms with E-state index in [0.29, 0.717) is 17.2 Å². The lowest BCUT2D eigenvalue weighted by Gasteiger charge is -2.06. The lowest BCUT2D eigenvalue weighted by atomic mass is 10.1. The molecular formula is C20H16N2O4. The van der Waals surface area contributed by atoms with E-state index in [0.717, 1.165) is 16.3 Å². The molecule has 1 aliphatic rings. The molecule has 1 aliphatic heterocycles.